The molecule has 0 saturated heterocycles. The van der Waals surface area contributed by atoms with E-state index in [9.17, 15) is 14.3 Å². The molecule has 0 bridgehead atoms. The molecule has 4 nitrogen and oxygen atoms in total. The minimum atomic E-state index is -0.821. The van der Waals surface area contributed by atoms with Crippen molar-refractivity contribution in [3.63, 3.8) is 0 Å². The molecular formula is C15H20FNO3. The average molecular weight is 281 g/mol. The topological polar surface area (TPSA) is 58.6 Å². The normalized spacial score (nSPS) is 17.6. The number of halogens is 1. The number of rotatable bonds is 4. The van der Waals surface area contributed by atoms with Crippen molar-refractivity contribution in [1.82, 2.24) is 5.32 Å². The second-order valence-corrected chi connectivity index (χ2v) is 5.32. The van der Waals surface area contributed by atoms with Crippen molar-refractivity contribution in [3.8, 4) is 5.75 Å². The highest BCUT2D eigenvalue weighted by atomic mass is 19.1. The Labute approximate surface area is 117 Å². The molecule has 0 heterocycles. The number of carbonyl (C=O) groups excluding carboxylic acids is 1. The fraction of sp³-hybridized carbons (Fsp3) is 0.533. The van der Waals surface area contributed by atoms with Crippen LogP contribution in [-0.2, 0) is 0 Å². The van der Waals surface area contributed by atoms with Crippen LogP contribution in [0.5, 0.6) is 5.75 Å². The largest absolute Gasteiger partial charge is 0.494 e. The standard InChI is InChI=1S/C15H20FNO3/c1-20-13-6-5-11(9-12(13)16)14(18)17-10-15(19)7-3-2-4-8-15/h5-6,9,19H,2-4,7-8,10H2,1H3,(H,17,18). The second-order valence-electron chi connectivity index (χ2n) is 5.32. The minimum Gasteiger partial charge on any atom is -0.494 e. The first kappa shape index (κ1) is 14.8. The van der Waals surface area contributed by atoms with Gasteiger partial charge in [0.1, 0.15) is 0 Å². The molecular weight excluding hydrogens is 261 g/mol. The van der Waals surface area contributed by atoms with E-state index in [4.69, 9.17) is 4.74 Å². The van der Waals surface area contributed by atoms with Crippen molar-refractivity contribution in [3.05, 3.63) is 29.6 Å². The van der Waals surface area contributed by atoms with Gasteiger partial charge in [0.15, 0.2) is 11.6 Å². The molecule has 0 spiro atoms. The van der Waals surface area contributed by atoms with E-state index >= 15 is 0 Å². The molecule has 0 aliphatic heterocycles. The fourth-order valence-electron chi connectivity index (χ4n) is 2.54. The Morgan fingerprint density at radius 2 is 2.10 bits per heavy atom. The lowest BCUT2D eigenvalue weighted by atomic mass is 9.85. The summed E-state index contributed by atoms with van der Waals surface area (Å²) in [5.74, 6) is -0.852. The Hall–Kier alpha value is -1.62. The molecule has 0 radical (unpaired) electrons. The Bertz CT molecular complexity index is 484. The zero-order valence-electron chi connectivity index (χ0n) is 11.6. The molecule has 1 saturated carbocycles. The quantitative estimate of drug-likeness (QED) is 0.890. The van der Waals surface area contributed by atoms with Gasteiger partial charge in [-0.25, -0.2) is 4.39 Å². The number of aliphatic hydroxyl groups is 1. The summed E-state index contributed by atoms with van der Waals surface area (Å²) in [6, 6.07) is 4.06. The molecule has 1 aromatic carbocycles. The number of benzene rings is 1. The SMILES string of the molecule is COc1ccc(C(=O)NCC2(O)CCCCC2)cc1F. The highest BCUT2D eigenvalue weighted by Gasteiger charge is 2.29. The average Bonchev–Trinajstić information content (AvgIpc) is 2.45. The molecule has 1 aromatic rings. The van der Waals surface area contributed by atoms with E-state index in [-0.39, 0.29) is 23.8 Å². The first-order valence-electron chi connectivity index (χ1n) is 6.88. The molecule has 20 heavy (non-hydrogen) atoms. The lowest BCUT2D eigenvalue weighted by molar-refractivity contribution is 0.00525. The first-order valence-corrected chi connectivity index (χ1v) is 6.88. The Morgan fingerprint density at radius 1 is 1.40 bits per heavy atom. The van der Waals surface area contributed by atoms with Crippen LogP contribution in [0.4, 0.5) is 4.39 Å². The number of carbonyl (C=O) groups is 1. The van der Waals surface area contributed by atoms with Crippen molar-refractivity contribution in [2.45, 2.75) is 37.7 Å². The van der Waals surface area contributed by atoms with Gasteiger partial charge in [-0.05, 0) is 31.0 Å². The van der Waals surface area contributed by atoms with Crippen molar-refractivity contribution in [2.24, 2.45) is 0 Å². The molecule has 0 aromatic heterocycles. The maximum Gasteiger partial charge on any atom is 0.251 e. The van der Waals surface area contributed by atoms with Gasteiger partial charge in [-0.15, -0.1) is 0 Å². The summed E-state index contributed by atoms with van der Waals surface area (Å²) >= 11 is 0. The lowest BCUT2D eigenvalue weighted by Gasteiger charge is -2.32. The van der Waals surface area contributed by atoms with Gasteiger partial charge in [0.2, 0.25) is 0 Å². The summed E-state index contributed by atoms with van der Waals surface area (Å²) in [5.41, 5.74) is -0.596. The number of hydrogen-bond acceptors (Lipinski definition) is 3. The van der Waals surface area contributed by atoms with E-state index < -0.39 is 11.4 Å². The van der Waals surface area contributed by atoms with Crippen LogP contribution >= 0.6 is 0 Å². The Kier molecular flexibility index (Phi) is 4.60. The van der Waals surface area contributed by atoms with Crippen LogP contribution in [0.15, 0.2) is 18.2 Å². The highest BCUT2D eigenvalue weighted by Crippen LogP contribution is 2.27. The molecule has 5 heteroatoms. The lowest BCUT2D eigenvalue weighted by Crippen LogP contribution is -2.44. The van der Waals surface area contributed by atoms with Gasteiger partial charge in [0.05, 0.1) is 12.7 Å². The molecule has 1 fully saturated rings. The number of hydrogen-bond donors (Lipinski definition) is 2. The van der Waals surface area contributed by atoms with Gasteiger partial charge < -0.3 is 15.2 Å². The Balaban J connectivity index is 1.96. The summed E-state index contributed by atoms with van der Waals surface area (Å²) in [6.45, 7) is 0.208. The summed E-state index contributed by atoms with van der Waals surface area (Å²) < 4.78 is 18.3. The van der Waals surface area contributed by atoms with E-state index in [0.717, 1.165) is 25.3 Å². The van der Waals surface area contributed by atoms with E-state index in [0.29, 0.717) is 12.8 Å². The van der Waals surface area contributed by atoms with Crippen LogP contribution in [0.3, 0.4) is 0 Å². The number of amides is 1. The third-order valence-corrected chi connectivity index (χ3v) is 3.78. The number of nitrogens with one attached hydrogen (secondary N) is 1. The number of methoxy groups -OCH3 is 1. The number of ether oxygens (including phenoxy) is 1. The molecule has 1 amide bonds. The maximum atomic E-state index is 13.5. The molecule has 1 aliphatic rings. The maximum absolute atomic E-state index is 13.5. The third-order valence-electron chi connectivity index (χ3n) is 3.78. The van der Waals surface area contributed by atoms with E-state index in [1.807, 2.05) is 0 Å². The Morgan fingerprint density at radius 3 is 2.70 bits per heavy atom. The predicted octanol–water partition coefficient (Wildman–Crippen LogP) is 2.26. The second kappa shape index (κ2) is 6.22. The minimum absolute atomic E-state index is 0.104. The summed E-state index contributed by atoms with van der Waals surface area (Å²) in [6.07, 6.45) is 4.47. The molecule has 1 aliphatic carbocycles. The molecule has 2 N–H and O–H groups in total. The van der Waals surface area contributed by atoms with E-state index in [1.165, 1.54) is 19.2 Å². The third kappa shape index (κ3) is 3.48. The van der Waals surface area contributed by atoms with E-state index in [1.54, 1.807) is 0 Å². The summed E-state index contributed by atoms with van der Waals surface area (Å²) in [4.78, 5) is 12.0. The zero-order chi connectivity index (χ0) is 14.6. The molecule has 0 unspecified atom stereocenters. The van der Waals surface area contributed by atoms with Gasteiger partial charge in [0.25, 0.3) is 5.91 Å². The van der Waals surface area contributed by atoms with Crippen LogP contribution in [0.2, 0.25) is 0 Å². The van der Waals surface area contributed by atoms with Gasteiger partial charge >= 0.3 is 0 Å². The smallest absolute Gasteiger partial charge is 0.251 e. The van der Waals surface area contributed by atoms with Crippen molar-refractivity contribution in [2.75, 3.05) is 13.7 Å². The summed E-state index contributed by atoms with van der Waals surface area (Å²) in [5, 5.41) is 13.0. The molecule has 0 atom stereocenters. The van der Waals surface area contributed by atoms with E-state index in [2.05, 4.69) is 5.32 Å². The van der Waals surface area contributed by atoms with Crippen LogP contribution in [-0.4, -0.2) is 30.3 Å². The van der Waals surface area contributed by atoms with Crippen molar-refractivity contribution < 1.29 is 19.0 Å². The van der Waals surface area contributed by atoms with Crippen LogP contribution in [0, 0.1) is 5.82 Å². The monoisotopic (exact) mass is 281 g/mol. The van der Waals surface area contributed by atoms with Gasteiger partial charge in [-0.3, -0.25) is 4.79 Å². The fourth-order valence-corrected chi connectivity index (χ4v) is 2.54. The van der Waals surface area contributed by atoms with Crippen molar-refractivity contribution in [1.29, 1.82) is 0 Å². The zero-order valence-corrected chi connectivity index (χ0v) is 11.6. The highest BCUT2D eigenvalue weighted by molar-refractivity contribution is 5.94. The predicted molar refractivity (Wildman–Crippen MR) is 73.3 cm³/mol. The van der Waals surface area contributed by atoms with Crippen LogP contribution < -0.4 is 10.1 Å². The van der Waals surface area contributed by atoms with Crippen LogP contribution in [0.1, 0.15) is 42.5 Å². The molecule has 110 valence electrons. The van der Waals surface area contributed by atoms with Crippen molar-refractivity contribution >= 4 is 5.91 Å². The first-order chi connectivity index (χ1) is 9.54. The van der Waals surface area contributed by atoms with Gasteiger partial charge in [-0.1, -0.05) is 19.3 Å². The summed E-state index contributed by atoms with van der Waals surface area (Å²) in [7, 11) is 1.37. The molecule has 2 rings (SSSR count). The van der Waals surface area contributed by atoms with Gasteiger partial charge in [-0.2, -0.15) is 0 Å². The van der Waals surface area contributed by atoms with Gasteiger partial charge in [0, 0.05) is 12.1 Å². The van der Waals surface area contributed by atoms with Crippen LogP contribution in [0.25, 0.3) is 0 Å².